The first-order valence-electron chi connectivity index (χ1n) is 6.47. The van der Waals surface area contributed by atoms with Gasteiger partial charge in [-0.3, -0.25) is 4.72 Å². The van der Waals surface area contributed by atoms with E-state index in [0.717, 1.165) is 12.0 Å². The summed E-state index contributed by atoms with van der Waals surface area (Å²) in [6.07, 6.45) is 0.893. The topological polar surface area (TPSA) is 66.4 Å². The maximum atomic E-state index is 12.3. The van der Waals surface area contributed by atoms with Crippen LogP contribution in [0.5, 0.6) is 0 Å². The Labute approximate surface area is 129 Å². The fourth-order valence-electron chi connectivity index (χ4n) is 1.86. The number of hydrogen-bond acceptors (Lipinski definition) is 3. The van der Waals surface area contributed by atoms with E-state index in [2.05, 4.69) is 4.72 Å². The zero-order valence-corrected chi connectivity index (χ0v) is 13.1. The highest BCUT2D eigenvalue weighted by Crippen LogP contribution is 2.22. The maximum Gasteiger partial charge on any atom is 0.261 e. The minimum Gasteiger partial charge on any atom is -0.392 e. The molecule has 0 aliphatic rings. The van der Waals surface area contributed by atoms with E-state index in [1.54, 1.807) is 12.1 Å². The van der Waals surface area contributed by atoms with E-state index >= 15 is 0 Å². The van der Waals surface area contributed by atoms with Gasteiger partial charge in [0.15, 0.2) is 0 Å². The van der Waals surface area contributed by atoms with E-state index in [-0.39, 0.29) is 11.5 Å². The molecule has 6 heteroatoms. The molecule has 2 aromatic carbocycles. The van der Waals surface area contributed by atoms with Crippen LogP contribution in [0.1, 0.15) is 18.1 Å². The molecule has 21 heavy (non-hydrogen) atoms. The van der Waals surface area contributed by atoms with Gasteiger partial charge in [-0.25, -0.2) is 8.42 Å². The molecule has 0 bridgehead atoms. The van der Waals surface area contributed by atoms with Gasteiger partial charge in [0, 0.05) is 10.7 Å². The Morgan fingerprint density at radius 2 is 1.81 bits per heavy atom. The van der Waals surface area contributed by atoms with Gasteiger partial charge in [-0.15, -0.1) is 0 Å². The Morgan fingerprint density at radius 1 is 1.14 bits per heavy atom. The third-order valence-corrected chi connectivity index (χ3v) is 4.86. The third-order valence-electron chi connectivity index (χ3n) is 3.11. The molecule has 0 atom stereocenters. The highest BCUT2D eigenvalue weighted by Gasteiger charge is 2.15. The molecule has 0 aliphatic carbocycles. The van der Waals surface area contributed by atoms with Crippen LogP contribution in [0.3, 0.4) is 0 Å². The fourth-order valence-corrected chi connectivity index (χ4v) is 3.15. The van der Waals surface area contributed by atoms with Crippen LogP contribution in [-0.2, 0) is 23.1 Å². The van der Waals surface area contributed by atoms with Crippen molar-refractivity contribution in [1.82, 2.24) is 0 Å². The van der Waals surface area contributed by atoms with Crippen molar-refractivity contribution in [2.45, 2.75) is 24.8 Å². The molecule has 0 amide bonds. The Bertz CT molecular complexity index is 727. The summed E-state index contributed by atoms with van der Waals surface area (Å²) in [5.41, 5.74) is 2.00. The molecule has 2 N–H and O–H groups in total. The number of aliphatic hydroxyl groups is 1. The van der Waals surface area contributed by atoms with Crippen molar-refractivity contribution in [2.75, 3.05) is 4.72 Å². The van der Waals surface area contributed by atoms with Gasteiger partial charge in [-0.05, 0) is 47.9 Å². The Hall–Kier alpha value is -1.56. The highest BCUT2D eigenvalue weighted by molar-refractivity contribution is 7.92. The van der Waals surface area contributed by atoms with E-state index in [9.17, 15) is 8.42 Å². The monoisotopic (exact) mass is 325 g/mol. The largest absolute Gasteiger partial charge is 0.392 e. The molecule has 0 spiro atoms. The van der Waals surface area contributed by atoms with Gasteiger partial charge >= 0.3 is 0 Å². The van der Waals surface area contributed by atoms with Crippen LogP contribution in [0.15, 0.2) is 47.4 Å². The second kappa shape index (κ2) is 6.47. The summed E-state index contributed by atoms with van der Waals surface area (Å²) >= 11 is 5.86. The van der Waals surface area contributed by atoms with Crippen LogP contribution in [0.2, 0.25) is 5.02 Å². The zero-order valence-electron chi connectivity index (χ0n) is 11.5. The number of hydrogen-bond donors (Lipinski definition) is 2. The Kier molecular flexibility index (Phi) is 4.88. The number of nitrogens with one attached hydrogen (secondary N) is 1. The fraction of sp³-hybridized carbons (Fsp3) is 0.200. The SMILES string of the molecule is CCc1ccc(NS(=O)(=O)c2ccc(Cl)c(CO)c2)cc1. The van der Waals surface area contributed by atoms with Crippen molar-refractivity contribution >= 4 is 27.3 Å². The van der Waals surface area contributed by atoms with Gasteiger partial charge in [0.25, 0.3) is 10.0 Å². The van der Waals surface area contributed by atoms with Gasteiger partial charge in [0.1, 0.15) is 0 Å². The van der Waals surface area contributed by atoms with Crippen molar-refractivity contribution in [3.8, 4) is 0 Å². The lowest BCUT2D eigenvalue weighted by Crippen LogP contribution is -2.13. The summed E-state index contributed by atoms with van der Waals surface area (Å²) in [6, 6.07) is 11.4. The van der Waals surface area contributed by atoms with Crippen molar-refractivity contribution in [2.24, 2.45) is 0 Å². The quantitative estimate of drug-likeness (QED) is 0.887. The van der Waals surface area contributed by atoms with Crippen LogP contribution >= 0.6 is 11.6 Å². The van der Waals surface area contributed by atoms with Crippen LogP contribution in [0.4, 0.5) is 5.69 Å². The summed E-state index contributed by atoms with van der Waals surface area (Å²) in [5.74, 6) is 0. The first kappa shape index (κ1) is 15.8. The van der Waals surface area contributed by atoms with Gasteiger partial charge in [0.2, 0.25) is 0 Å². The third kappa shape index (κ3) is 3.75. The molecular weight excluding hydrogens is 310 g/mol. The number of halogens is 1. The number of sulfonamides is 1. The van der Waals surface area contributed by atoms with E-state index < -0.39 is 10.0 Å². The van der Waals surface area contributed by atoms with Crippen LogP contribution in [0.25, 0.3) is 0 Å². The van der Waals surface area contributed by atoms with Crippen molar-refractivity contribution in [3.63, 3.8) is 0 Å². The summed E-state index contributed by atoms with van der Waals surface area (Å²) in [6.45, 7) is 1.72. The van der Waals surface area contributed by atoms with Crippen molar-refractivity contribution in [1.29, 1.82) is 0 Å². The first-order valence-corrected chi connectivity index (χ1v) is 8.33. The van der Waals surface area contributed by atoms with Crippen LogP contribution < -0.4 is 4.72 Å². The molecule has 0 saturated heterocycles. The highest BCUT2D eigenvalue weighted by atomic mass is 35.5. The molecule has 4 nitrogen and oxygen atoms in total. The van der Waals surface area contributed by atoms with Gasteiger partial charge in [0.05, 0.1) is 11.5 Å². The summed E-state index contributed by atoms with van der Waals surface area (Å²) in [5, 5.41) is 9.49. The van der Waals surface area contributed by atoms with Gasteiger partial charge in [-0.1, -0.05) is 30.7 Å². The van der Waals surface area contributed by atoms with E-state index in [1.807, 2.05) is 19.1 Å². The molecule has 0 fully saturated rings. The lowest BCUT2D eigenvalue weighted by atomic mass is 10.2. The van der Waals surface area contributed by atoms with E-state index in [4.69, 9.17) is 16.7 Å². The number of aliphatic hydroxyl groups excluding tert-OH is 1. The van der Waals surface area contributed by atoms with Crippen LogP contribution in [0, 0.1) is 0 Å². The van der Waals surface area contributed by atoms with Crippen molar-refractivity contribution < 1.29 is 13.5 Å². The molecule has 0 aliphatic heterocycles. The van der Waals surface area contributed by atoms with Crippen molar-refractivity contribution in [3.05, 3.63) is 58.6 Å². The Balaban J connectivity index is 2.29. The number of aryl methyl sites for hydroxylation is 1. The van der Waals surface area contributed by atoms with Gasteiger partial charge < -0.3 is 5.11 Å². The average molecular weight is 326 g/mol. The molecule has 2 aromatic rings. The molecule has 2 rings (SSSR count). The molecular formula is C15H16ClNO3S. The van der Waals surface area contributed by atoms with Crippen LogP contribution in [-0.4, -0.2) is 13.5 Å². The minimum absolute atomic E-state index is 0.0653. The minimum atomic E-state index is -3.70. The summed E-state index contributed by atoms with van der Waals surface area (Å²) in [7, 11) is -3.70. The molecule has 0 saturated carbocycles. The average Bonchev–Trinajstić information content (AvgIpc) is 2.48. The first-order chi connectivity index (χ1) is 9.96. The smallest absolute Gasteiger partial charge is 0.261 e. The molecule has 0 heterocycles. The lowest BCUT2D eigenvalue weighted by molar-refractivity contribution is 0.281. The Morgan fingerprint density at radius 3 is 2.38 bits per heavy atom. The normalized spacial score (nSPS) is 11.4. The maximum absolute atomic E-state index is 12.3. The van der Waals surface area contributed by atoms with Gasteiger partial charge in [-0.2, -0.15) is 0 Å². The second-order valence-electron chi connectivity index (χ2n) is 4.57. The van der Waals surface area contributed by atoms with E-state index in [0.29, 0.717) is 16.3 Å². The molecule has 0 aromatic heterocycles. The summed E-state index contributed by atoms with van der Waals surface area (Å²) < 4.78 is 27.1. The predicted molar refractivity (Wildman–Crippen MR) is 84.0 cm³/mol. The van der Waals surface area contributed by atoms with E-state index in [1.165, 1.54) is 18.2 Å². The number of benzene rings is 2. The summed E-state index contributed by atoms with van der Waals surface area (Å²) in [4.78, 5) is 0.0653. The standard InChI is InChI=1S/C15H16ClNO3S/c1-2-11-3-5-13(6-4-11)17-21(19,20)14-7-8-15(16)12(9-14)10-18/h3-9,17-18H,2,10H2,1H3. The lowest BCUT2D eigenvalue weighted by Gasteiger charge is -2.10. The molecule has 0 radical (unpaired) electrons. The molecule has 112 valence electrons. The molecule has 0 unspecified atom stereocenters. The second-order valence-corrected chi connectivity index (χ2v) is 6.66. The number of rotatable bonds is 5. The predicted octanol–water partition coefficient (Wildman–Crippen LogP) is 3.20. The number of anilines is 1. The zero-order chi connectivity index (χ0) is 15.5.